The molecular formula is C15H21N3O4. The molecule has 22 heavy (non-hydrogen) atoms. The Bertz CT molecular complexity index is 527. The number of ketones is 1. The summed E-state index contributed by atoms with van der Waals surface area (Å²) in [7, 11) is 0. The van der Waals surface area contributed by atoms with Gasteiger partial charge in [-0.2, -0.15) is 0 Å². The highest BCUT2D eigenvalue weighted by molar-refractivity contribution is 5.94. The van der Waals surface area contributed by atoms with E-state index in [9.17, 15) is 9.59 Å². The van der Waals surface area contributed by atoms with Crippen molar-refractivity contribution in [3.8, 4) is 0 Å². The van der Waals surface area contributed by atoms with E-state index in [0.717, 1.165) is 0 Å². The predicted molar refractivity (Wildman–Crippen MR) is 78.5 cm³/mol. The van der Waals surface area contributed by atoms with Crippen LogP contribution in [-0.2, 0) is 9.47 Å². The molecule has 0 bridgehead atoms. The summed E-state index contributed by atoms with van der Waals surface area (Å²) in [5, 5.41) is 0. The quantitative estimate of drug-likeness (QED) is 0.787. The monoisotopic (exact) mass is 307 g/mol. The topological polar surface area (TPSA) is 81.6 Å². The number of Topliss-reactive ketones (excluding diaryl/α,β-unsaturated/α-hetero) is 1. The molecule has 120 valence electrons. The fourth-order valence-corrected chi connectivity index (χ4v) is 2.07. The van der Waals surface area contributed by atoms with Crippen LogP contribution in [0.5, 0.6) is 0 Å². The Kier molecular flexibility index (Phi) is 5.07. The van der Waals surface area contributed by atoms with E-state index >= 15 is 0 Å². The number of nitrogens with zero attached hydrogens (tertiary/aromatic N) is 3. The van der Waals surface area contributed by atoms with Crippen LogP contribution < -0.4 is 0 Å². The molecule has 1 atom stereocenters. The second-order valence-electron chi connectivity index (χ2n) is 6.16. The normalized spacial score (nSPS) is 18.3. The van der Waals surface area contributed by atoms with Crippen LogP contribution in [0.1, 0.15) is 37.7 Å². The van der Waals surface area contributed by atoms with Gasteiger partial charge in [-0.05, 0) is 27.2 Å². The van der Waals surface area contributed by atoms with Crippen molar-refractivity contribution < 1.29 is 19.1 Å². The van der Waals surface area contributed by atoms with Crippen LogP contribution in [0.2, 0.25) is 0 Å². The Hall–Kier alpha value is -2.02. The van der Waals surface area contributed by atoms with E-state index in [1.54, 1.807) is 4.90 Å². The van der Waals surface area contributed by atoms with Crippen LogP contribution in [-0.4, -0.2) is 58.1 Å². The average molecular weight is 307 g/mol. The third kappa shape index (κ3) is 4.77. The lowest BCUT2D eigenvalue weighted by Gasteiger charge is -2.24. The fraction of sp³-hybridized carbons (Fsp3) is 0.600. The summed E-state index contributed by atoms with van der Waals surface area (Å²) in [6, 6.07) is 0. The smallest absolute Gasteiger partial charge is 0.410 e. The molecule has 0 aliphatic carbocycles. The Balaban J connectivity index is 1.77. The van der Waals surface area contributed by atoms with Gasteiger partial charge in [0.15, 0.2) is 0 Å². The van der Waals surface area contributed by atoms with Gasteiger partial charge in [0.05, 0.1) is 18.8 Å². The third-order valence-electron chi connectivity index (χ3n) is 3.10. The Labute approximate surface area is 129 Å². The van der Waals surface area contributed by atoms with E-state index in [4.69, 9.17) is 9.47 Å². The second-order valence-corrected chi connectivity index (χ2v) is 6.16. The van der Waals surface area contributed by atoms with Gasteiger partial charge in [0.1, 0.15) is 17.9 Å². The van der Waals surface area contributed by atoms with E-state index in [1.807, 2.05) is 20.8 Å². The Morgan fingerprint density at radius 3 is 2.77 bits per heavy atom. The molecule has 0 unspecified atom stereocenters. The summed E-state index contributed by atoms with van der Waals surface area (Å²) >= 11 is 0. The fourth-order valence-electron chi connectivity index (χ4n) is 2.07. The minimum Gasteiger partial charge on any atom is -0.444 e. The van der Waals surface area contributed by atoms with Gasteiger partial charge in [0.25, 0.3) is 0 Å². The van der Waals surface area contributed by atoms with Gasteiger partial charge in [-0.3, -0.25) is 9.78 Å². The molecule has 0 aromatic carbocycles. The minimum atomic E-state index is -0.516. The summed E-state index contributed by atoms with van der Waals surface area (Å²) in [6.07, 6.45) is 4.56. The zero-order valence-corrected chi connectivity index (χ0v) is 13.1. The maximum atomic E-state index is 11.9. The molecule has 7 nitrogen and oxygen atoms in total. The van der Waals surface area contributed by atoms with Gasteiger partial charge in [0.2, 0.25) is 5.78 Å². The molecule has 2 rings (SSSR count). The van der Waals surface area contributed by atoms with E-state index in [2.05, 4.69) is 9.97 Å². The van der Waals surface area contributed by atoms with Crippen LogP contribution in [0.3, 0.4) is 0 Å². The van der Waals surface area contributed by atoms with E-state index in [-0.39, 0.29) is 30.3 Å². The molecule has 0 spiro atoms. The first-order valence-electron chi connectivity index (χ1n) is 7.24. The summed E-state index contributed by atoms with van der Waals surface area (Å²) < 4.78 is 10.9. The van der Waals surface area contributed by atoms with Gasteiger partial charge in [-0.1, -0.05) is 0 Å². The molecular weight excluding hydrogens is 286 g/mol. The van der Waals surface area contributed by atoms with Gasteiger partial charge >= 0.3 is 6.09 Å². The molecule has 0 saturated carbocycles. The van der Waals surface area contributed by atoms with Crippen LogP contribution >= 0.6 is 0 Å². The van der Waals surface area contributed by atoms with E-state index in [0.29, 0.717) is 19.5 Å². The molecule has 2 heterocycles. The number of likely N-dealkylation sites (tertiary alicyclic amines) is 1. The number of carbonyl (C=O) groups is 2. The van der Waals surface area contributed by atoms with Crippen LogP contribution in [0.15, 0.2) is 18.6 Å². The predicted octanol–water partition coefficient (Wildman–Crippen LogP) is 1.69. The summed E-state index contributed by atoms with van der Waals surface area (Å²) in [5.41, 5.74) is -0.234. The molecule has 1 aromatic heterocycles. The van der Waals surface area contributed by atoms with Crippen molar-refractivity contribution >= 4 is 11.9 Å². The summed E-state index contributed by atoms with van der Waals surface area (Å²) in [4.78, 5) is 33.2. The minimum absolute atomic E-state index is 0.0640. The van der Waals surface area contributed by atoms with Crippen LogP contribution in [0.25, 0.3) is 0 Å². The number of ether oxygens (including phenoxy) is 2. The van der Waals surface area contributed by atoms with Crippen molar-refractivity contribution in [3.63, 3.8) is 0 Å². The number of carbonyl (C=O) groups excluding carboxylic acids is 2. The lowest BCUT2D eigenvalue weighted by atomic mass is 10.2. The van der Waals surface area contributed by atoms with Gasteiger partial charge in [-0.25, -0.2) is 9.78 Å². The van der Waals surface area contributed by atoms with Gasteiger partial charge in [-0.15, -0.1) is 0 Å². The largest absolute Gasteiger partial charge is 0.444 e. The summed E-state index contributed by atoms with van der Waals surface area (Å²) in [6.45, 7) is 6.42. The first kappa shape index (κ1) is 16.4. The Morgan fingerprint density at radius 2 is 2.14 bits per heavy atom. The number of hydrogen-bond acceptors (Lipinski definition) is 6. The number of aromatic nitrogens is 2. The van der Waals surface area contributed by atoms with Crippen molar-refractivity contribution in [1.29, 1.82) is 0 Å². The van der Waals surface area contributed by atoms with Crippen molar-refractivity contribution in [2.45, 2.75) is 38.9 Å². The van der Waals surface area contributed by atoms with Gasteiger partial charge in [0, 0.05) is 18.9 Å². The molecule has 1 amide bonds. The van der Waals surface area contributed by atoms with Crippen molar-refractivity contribution in [3.05, 3.63) is 24.3 Å². The standard InChI is InChI=1S/C15H21N3O4/c1-15(2,3)22-14(20)18-7-4-11(9-18)21-10-13(19)12-8-16-5-6-17-12/h5-6,8,11H,4,7,9-10H2,1-3H3/t11-/m0/s1. The molecule has 1 aromatic rings. The zero-order valence-electron chi connectivity index (χ0n) is 13.1. The second kappa shape index (κ2) is 6.83. The van der Waals surface area contributed by atoms with Gasteiger partial charge < -0.3 is 14.4 Å². The zero-order chi connectivity index (χ0) is 16.2. The molecule has 0 radical (unpaired) electrons. The first-order valence-corrected chi connectivity index (χ1v) is 7.24. The molecule has 1 fully saturated rings. The lowest BCUT2D eigenvalue weighted by Crippen LogP contribution is -2.36. The maximum Gasteiger partial charge on any atom is 0.410 e. The maximum absolute atomic E-state index is 11.9. The highest BCUT2D eigenvalue weighted by Gasteiger charge is 2.30. The average Bonchev–Trinajstić information content (AvgIpc) is 2.93. The third-order valence-corrected chi connectivity index (χ3v) is 3.10. The van der Waals surface area contributed by atoms with E-state index in [1.165, 1.54) is 18.6 Å². The first-order chi connectivity index (χ1) is 10.3. The molecule has 1 aliphatic heterocycles. The highest BCUT2D eigenvalue weighted by atomic mass is 16.6. The molecule has 1 saturated heterocycles. The summed E-state index contributed by atoms with van der Waals surface area (Å²) in [5.74, 6) is -0.219. The SMILES string of the molecule is CC(C)(C)OC(=O)N1CC[C@H](OCC(=O)c2cnccn2)C1. The molecule has 7 heteroatoms. The Morgan fingerprint density at radius 1 is 1.36 bits per heavy atom. The number of rotatable bonds is 4. The van der Waals surface area contributed by atoms with Crippen molar-refractivity contribution in [1.82, 2.24) is 14.9 Å². The lowest BCUT2D eigenvalue weighted by molar-refractivity contribution is 0.0217. The number of hydrogen-bond donors (Lipinski definition) is 0. The van der Waals surface area contributed by atoms with Crippen molar-refractivity contribution in [2.75, 3.05) is 19.7 Å². The highest BCUT2D eigenvalue weighted by Crippen LogP contribution is 2.17. The van der Waals surface area contributed by atoms with Crippen molar-refractivity contribution in [2.24, 2.45) is 0 Å². The molecule has 0 N–H and O–H groups in total. The van der Waals surface area contributed by atoms with E-state index < -0.39 is 5.60 Å². The van der Waals surface area contributed by atoms with Crippen LogP contribution in [0.4, 0.5) is 4.79 Å². The van der Waals surface area contributed by atoms with Crippen LogP contribution in [0, 0.1) is 0 Å². The number of amides is 1. The molecule has 1 aliphatic rings.